The molecule has 3 rings (SSSR count). The van der Waals surface area contributed by atoms with Crippen molar-refractivity contribution in [1.29, 1.82) is 0 Å². The van der Waals surface area contributed by atoms with Gasteiger partial charge in [0.2, 0.25) is 6.10 Å². The number of alkyl halides is 9. The molecule has 10 nitrogen and oxygen atoms in total. The molecule has 0 amide bonds. The van der Waals surface area contributed by atoms with Crippen LogP contribution in [0.2, 0.25) is 0 Å². The second-order valence-electron chi connectivity index (χ2n) is 14.8. The third-order valence-electron chi connectivity index (χ3n) is 10.7. The average molecular weight is 959 g/mol. The van der Waals surface area contributed by atoms with Crippen molar-refractivity contribution < 1.29 is 87.1 Å². The van der Waals surface area contributed by atoms with Crippen molar-refractivity contribution in [3.8, 4) is 23.7 Å². The van der Waals surface area contributed by atoms with E-state index in [-0.39, 0.29) is 19.3 Å². The van der Waals surface area contributed by atoms with Gasteiger partial charge in [-0.1, -0.05) is 137 Å². The fraction of sp³-hybridized carbons (Fsp3) is 0.479. The summed E-state index contributed by atoms with van der Waals surface area (Å²) in [5.74, 6) is 2.63. The van der Waals surface area contributed by atoms with Gasteiger partial charge in [0.05, 0.1) is 6.10 Å². The Morgan fingerprint density at radius 3 is 1.24 bits per heavy atom. The lowest BCUT2D eigenvalue weighted by Crippen LogP contribution is -2.56. The highest BCUT2D eigenvalue weighted by molar-refractivity contribution is 5.85. The smallest absolute Gasteiger partial charge is 0.432 e. The van der Waals surface area contributed by atoms with Crippen molar-refractivity contribution in [2.75, 3.05) is 28.4 Å². The van der Waals surface area contributed by atoms with Crippen LogP contribution in [0, 0.1) is 23.7 Å². The Hall–Kier alpha value is -5.60. The number of rotatable bonds is 22. The number of esters is 3. The summed E-state index contributed by atoms with van der Waals surface area (Å²) in [5, 5.41) is 0. The third-order valence-corrected chi connectivity index (χ3v) is 10.7. The van der Waals surface area contributed by atoms with Crippen molar-refractivity contribution in [1.82, 2.24) is 0 Å². The van der Waals surface area contributed by atoms with Gasteiger partial charge in [-0.15, -0.1) is 0 Å². The Kier molecular flexibility index (Phi) is 20.3. The molecule has 0 aliphatic heterocycles. The number of benzene rings is 3. The number of carbonyl (C=O) groups is 3. The standard InChI is InChI=1S/C48H51F9O10/c1-7-9-10-11-21-31-37(61-3)39(67-42(60)45(64-6,48(55,56)57)35-28-19-14-20-29-35)38(66-41(59)44(63-5,47(52,53)54)34-26-17-13-18-27-34)32-23-22-30-36(8-2)65-40(58)43(62-4,46(49,50)51)33-24-15-12-16-25-33/h12-20,24-29,36-39H,7-11,21,31H2,1-6H3/t36-,37?,38+,39-,43+,44+,45+/m0/s1. The molecule has 19 heteroatoms. The van der Waals surface area contributed by atoms with Crippen LogP contribution in [0.15, 0.2) is 91.0 Å². The molecule has 0 aliphatic carbocycles. The molecule has 67 heavy (non-hydrogen) atoms. The number of unbranched alkanes of at least 4 members (excludes halogenated alkanes) is 4. The number of carbonyl (C=O) groups excluding carboxylic acids is 3. The van der Waals surface area contributed by atoms with Gasteiger partial charge < -0.3 is 33.2 Å². The summed E-state index contributed by atoms with van der Waals surface area (Å²) in [6.45, 7) is 3.31. The first-order valence-corrected chi connectivity index (χ1v) is 20.8. The summed E-state index contributed by atoms with van der Waals surface area (Å²) < 4.78 is 171. The first kappa shape index (κ1) is 55.7. The summed E-state index contributed by atoms with van der Waals surface area (Å²) >= 11 is 0. The van der Waals surface area contributed by atoms with E-state index in [1.807, 2.05) is 6.92 Å². The minimum absolute atomic E-state index is 0.139. The number of hydrogen-bond acceptors (Lipinski definition) is 10. The maximum Gasteiger partial charge on any atom is 0.432 e. The Balaban J connectivity index is 2.30. The van der Waals surface area contributed by atoms with E-state index in [0.717, 1.165) is 68.5 Å². The lowest BCUT2D eigenvalue weighted by molar-refractivity contribution is -0.286. The zero-order valence-electron chi connectivity index (χ0n) is 37.4. The first-order chi connectivity index (χ1) is 31.6. The topological polar surface area (TPSA) is 116 Å². The highest BCUT2D eigenvalue weighted by Crippen LogP contribution is 2.46. The van der Waals surface area contributed by atoms with Crippen LogP contribution in [0.5, 0.6) is 0 Å². The van der Waals surface area contributed by atoms with E-state index < -0.39 is 94.3 Å². The summed E-state index contributed by atoms with van der Waals surface area (Å²) in [7, 11) is 2.83. The molecule has 0 bridgehead atoms. The van der Waals surface area contributed by atoms with Crippen LogP contribution >= 0.6 is 0 Å². The number of ether oxygens (including phenoxy) is 7. The van der Waals surface area contributed by atoms with E-state index >= 15 is 26.3 Å². The Morgan fingerprint density at radius 2 is 0.881 bits per heavy atom. The molecule has 0 fully saturated rings. The molecule has 366 valence electrons. The maximum absolute atomic E-state index is 15.2. The second kappa shape index (κ2) is 24.4. The molecule has 1 unspecified atom stereocenters. The first-order valence-electron chi connectivity index (χ1n) is 20.8. The Bertz CT molecular complexity index is 2160. The van der Waals surface area contributed by atoms with Crippen molar-refractivity contribution in [3.63, 3.8) is 0 Å². The van der Waals surface area contributed by atoms with Gasteiger partial charge in [0.25, 0.3) is 16.8 Å². The van der Waals surface area contributed by atoms with Crippen LogP contribution in [0.25, 0.3) is 0 Å². The van der Waals surface area contributed by atoms with Gasteiger partial charge in [0.15, 0.2) is 12.2 Å². The normalized spacial score (nSPS) is 16.4. The molecule has 3 aromatic carbocycles. The number of halogens is 9. The molecular formula is C48H51F9O10. The molecule has 0 aliphatic rings. The number of methoxy groups -OCH3 is 4. The van der Waals surface area contributed by atoms with E-state index in [1.165, 1.54) is 49.4 Å². The average Bonchev–Trinajstić information content (AvgIpc) is 3.28. The minimum Gasteiger partial charge on any atom is -0.452 e. The van der Waals surface area contributed by atoms with Crippen LogP contribution in [0.3, 0.4) is 0 Å². The lowest BCUT2D eigenvalue weighted by atomic mass is 9.91. The van der Waals surface area contributed by atoms with E-state index in [2.05, 4.69) is 23.7 Å². The molecule has 0 radical (unpaired) electrons. The van der Waals surface area contributed by atoms with E-state index in [9.17, 15) is 27.6 Å². The quantitative estimate of drug-likeness (QED) is 0.0317. The van der Waals surface area contributed by atoms with Crippen molar-refractivity contribution in [2.45, 2.75) is 119 Å². The van der Waals surface area contributed by atoms with Crippen molar-refractivity contribution in [3.05, 3.63) is 108 Å². The molecule has 7 atom stereocenters. The largest absolute Gasteiger partial charge is 0.452 e. The van der Waals surface area contributed by atoms with E-state index in [4.69, 9.17) is 33.2 Å². The SMILES string of the molecule is CCCCCCCC(OC)[C@H](OC(=O)[C@](OC)(c1ccccc1)C(F)(F)F)[C@@H](C#CC#C[C@H](CC)OC(=O)[C@](OC)(c1ccccc1)C(F)(F)F)OC(=O)[C@](OC)(c1ccccc1)C(F)(F)F. The molecular weight excluding hydrogens is 908 g/mol. The molecule has 0 N–H and O–H groups in total. The van der Waals surface area contributed by atoms with Crippen LogP contribution in [-0.4, -0.2) is 89.3 Å². The highest BCUT2D eigenvalue weighted by atomic mass is 19.4. The van der Waals surface area contributed by atoms with Gasteiger partial charge in [-0.25, -0.2) is 14.4 Å². The van der Waals surface area contributed by atoms with E-state index in [0.29, 0.717) is 34.2 Å². The molecule has 0 spiro atoms. The van der Waals surface area contributed by atoms with Gasteiger partial charge in [0.1, 0.15) is 0 Å². The van der Waals surface area contributed by atoms with Crippen LogP contribution < -0.4 is 0 Å². The van der Waals surface area contributed by atoms with Crippen molar-refractivity contribution in [2.24, 2.45) is 0 Å². The summed E-state index contributed by atoms with van der Waals surface area (Å²) in [6, 6.07) is 16.8. The second-order valence-corrected chi connectivity index (χ2v) is 14.8. The maximum atomic E-state index is 15.2. The summed E-state index contributed by atoms with van der Waals surface area (Å²) in [6.07, 6.45) is -21.8. The van der Waals surface area contributed by atoms with Crippen molar-refractivity contribution >= 4 is 17.9 Å². The number of hydrogen-bond donors (Lipinski definition) is 0. The lowest BCUT2D eigenvalue weighted by Gasteiger charge is -2.37. The fourth-order valence-corrected chi connectivity index (χ4v) is 7.09. The zero-order chi connectivity index (χ0) is 50.1. The van der Waals surface area contributed by atoms with E-state index in [1.54, 1.807) is 0 Å². The minimum atomic E-state index is -5.58. The molecule has 0 heterocycles. The van der Waals surface area contributed by atoms with Crippen LogP contribution in [0.4, 0.5) is 39.5 Å². The van der Waals surface area contributed by atoms with Crippen LogP contribution in [-0.2, 0) is 64.3 Å². The van der Waals surface area contributed by atoms with Gasteiger partial charge in [-0.05, 0) is 36.5 Å². The zero-order valence-corrected chi connectivity index (χ0v) is 37.4. The van der Waals surface area contributed by atoms with Crippen LogP contribution in [0.1, 0.15) is 75.5 Å². The molecule has 3 aromatic rings. The Labute approximate surface area is 382 Å². The van der Waals surface area contributed by atoms with Gasteiger partial charge >= 0.3 is 36.4 Å². The summed E-state index contributed by atoms with van der Waals surface area (Å²) in [4.78, 5) is 41.6. The van der Waals surface area contributed by atoms with Gasteiger partial charge in [0, 0.05) is 45.1 Å². The molecule has 0 saturated heterocycles. The Morgan fingerprint density at radius 1 is 0.507 bits per heavy atom. The van der Waals surface area contributed by atoms with Gasteiger partial charge in [-0.3, -0.25) is 0 Å². The highest BCUT2D eigenvalue weighted by Gasteiger charge is 2.67. The summed E-state index contributed by atoms with van der Waals surface area (Å²) in [5.41, 5.74) is -13.6. The fourth-order valence-electron chi connectivity index (χ4n) is 7.09. The molecule has 0 saturated carbocycles. The predicted molar refractivity (Wildman–Crippen MR) is 223 cm³/mol. The molecule has 0 aromatic heterocycles. The monoisotopic (exact) mass is 958 g/mol. The predicted octanol–water partition coefficient (Wildman–Crippen LogP) is 9.83. The van der Waals surface area contributed by atoms with Gasteiger partial charge in [-0.2, -0.15) is 39.5 Å². The third kappa shape index (κ3) is 12.5.